The number of aromatic nitrogens is 1. The monoisotopic (exact) mass is 350 g/mol. The number of nitrogens with one attached hydrogen (secondary N) is 1. The first-order chi connectivity index (χ1) is 10.1. The Morgan fingerprint density at radius 3 is 2.81 bits per heavy atom. The molecular formula is C17H20BrFN2. The zero-order valence-electron chi connectivity index (χ0n) is 12.4. The smallest absolute Gasteiger partial charge is 0.123 e. The molecule has 0 bridgehead atoms. The van der Waals surface area contributed by atoms with Crippen LogP contribution >= 0.6 is 15.9 Å². The molecule has 0 fully saturated rings. The molecule has 1 N–H and O–H groups in total. The van der Waals surface area contributed by atoms with Crippen LogP contribution in [0.2, 0.25) is 0 Å². The molecule has 1 atom stereocenters. The standard InChI is InChI=1S/C17H20BrFN2/c1-3-7-20-17(16-9-12(2)6-8-21-16)11-13-10-14(19)4-5-15(13)18/h4-6,8-10,17,20H,3,7,11H2,1-2H3. The number of hydrogen-bond donors (Lipinski definition) is 1. The summed E-state index contributed by atoms with van der Waals surface area (Å²) in [7, 11) is 0. The number of hydrogen-bond acceptors (Lipinski definition) is 2. The highest BCUT2D eigenvalue weighted by atomic mass is 79.9. The van der Waals surface area contributed by atoms with E-state index < -0.39 is 0 Å². The van der Waals surface area contributed by atoms with Gasteiger partial charge in [0.15, 0.2) is 0 Å². The summed E-state index contributed by atoms with van der Waals surface area (Å²) in [6.07, 6.45) is 3.58. The van der Waals surface area contributed by atoms with E-state index in [0.29, 0.717) is 6.42 Å². The fourth-order valence-corrected chi connectivity index (χ4v) is 2.68. The number of rotatable bonds is 6. The average molecular weight is 351 g/mol. The zero-order chi connectivity index (χ0) is 15.2. The Morgan fingerprint density at radius 2 is 2.10 bits per heavy atom. The van der Waals surface area contributed by atoms with Gasteiger partial charge in [-0.15, -0.1) is 0 Å². The summed E-state index contributed by atoms with van der Waals surface area (Å²) < 4.78 is 14.4. The minimum absolute atomic E-state index is 0.0861. The third-order valence-electron chi connectivity index (χ3n) is 3.37. The molecule has 1 aromatic carbocycles. The molecule has 2 rings (SSSR count). The number of aryl methyl sites for hydroxylation is 1. The summed E-state index contributed by atoms with van der Waals surface area (Å²) in [5.41, 5.74) is 3.13. The Labute approximate surface area is 133 Å². The molecule has 0 aliphatic heterocycles. The lowest BCUT2D eigenvalue weighted by Crippen LogP contribution is -2.25. The number of benzene rings is 1. The molecule has 21 heavy (non-hydrogen) atoms. The van der Waals surface area contributed by atoms with Gasteiger partial charge in [-0.1, -0.05) is 22.9 Å². The van der Waals surface area contributed by atoms with Gasteiger partial charge < -0.3 is 5.32 Å². The van der Waals surface area contributed by atoms with Gasteiger partial charge in [-0.2, -0.15) is 0 Å². The van der Waals surface area contributed by atoms with Crippen LogP contribution in [0.4, 0.5) is 4.39 Å². The first kappa shape index (κ1) is 16.1. The van der Waals surface area contributed by atoms with E-state index in [1.807, 2.05) is 12.3 Å². The minimum Gasteiger partial charge on any atom is -0.308 e. The quantitative estimate of drug-likeness (QED) is 0.824. The normalized spacial score (nSPS) is 12.4. The van der Waals surface area contributed by atoms with Gasteiger partial charge >= 0.3 is 0 Å². The summed E-state index contributed by atoms with van der Waals surface area (Å²) in [6.45, 7) is 5.10. The number of halogens is 2. The Hall–Kier alpha value is -1.26. The predicted molar refractivity (Wildman–Crippen MR) is 87.8 cm³/mol. The van der Waals surface area contributed by atoms with Gasteiger partial charge in [-0.05, 0) is 67.8 Å². The second-order valence-corrected chi connectivity index (χ2v) is 6.06. The van der Waals surface area contributed by atoms with Crippen LogP contribution in [0.25, 0.3) is 0 Å². The van der Waals surface area contributed by atoms with Crippen molar-refractivity contribution in [3.8, 4) is 0 Å². The molecule has 112 valence electrons. The lowest BCUT2D eigenvalue weighted by Gasteiger charge is -2.19. The van der Waals surface area contributed by atoms with Crippen LogP contribution in [0.3, 0.4) is 0 Å². The van der Waals surface area contributed by atoms with Crippen molar-refractivity contribution in [2.24, 2.45) is 0 Å². The first-order valence-electron chi connectivity index (χ1n) is 7.20. The van der Waals surface area contributed by atoms with Crippen molar-refractivity contribution in [2.75, 3.05) is 6.54 Å². The van der Waals surface area contributed by atoms with E-state index in [2.05, 4.69) is 46.1 Å². The van der Waals surface area contributed by atoms with E-state index in [1.54, 1.807) is 12.1 Å². The molecule has 0 saturated carbocycles. The third-order valence-corrected chi connectivity index (χ3v) is 4.14. The molecule has 0 aliphatic carbocycles. The lowest BCUT2D eigenvalue weighted by atomic mass is 10.0. The van der Waals surface area contributed by atoms with Gasteiger partial charge in [0.1, 0.15) is 5.82 Å². The van der Waals surface area contributed by atoms with Crippen LogP contribution in [0.15, 0.2) is 41.0 Å². The highest BCUT2D eigenvalue weighted by Crippen LogP contribution is 2.24. The molecule has 0 amide bonds. The highest BCUT2D eigenvalue weighted by Gasteiger charge is 2.15. The van der Waals surface area contributed by atoms with Crippen molar-refractivity contribution >= 4 is 15.9 Å². The first-order valence-corrected chi connectivity index (χ1v) is 7.99. The van der Waals surface area contributed by atoms with E-state index in [0.717, 1.165) is 28.7 Å². The molecule has 0 aliphatic rings. The highest BCUT2D eigenvalue weighted by molar-refractivity contribution is 9.10. The van der Waals surface area contributed by atoms with Crippen molar-refractivity contribution in [2.45, 2.75) is 32.7 Å². The maximum absolute atomic E-state index is 13.5. The van der Waals surface area contributed by atoms with Gasteiger partial charge in [-0.25, -0.2) is 4.39 Å². The van der Waals surface area contributed by atoms with Crippen molar-refractivity contribution in [3.63, 3.8) is 0 Å². The van der Waals surface area contributed by atoms with E-state index in [4.69, 9.17) is 0 Å². The molecule has 1 heterocycles. The van der Waals surface area contributed by atoms with Crippen molar-refractivity contribution in [3.05, 3.63) is 63.6 Å². The SMILES string of the molecule is CCCNC(Cc1cc(F)ccc1Br)c1cc(C)ccn1. The summed E-state index contributed by atoms with van der Waals surface area (Å²) in [6, 6.07) is 8.96. The fraction of sp³-hybridized carbons (Fsp3) is 0.353. The average Bonchev–Trinajstić information content (AvgIpc) is 2.47. The van der Waals surface area contributed by atoms with E-state index in [9.17, 15) is 4.39 Å². The second-order valence-electron chi connectivity index (χ2n) is 5.20. The largest absolute Gasteiger partial charge is 0.308 e. The van der Waals surface area contributed by atoms with Gasteiger partial charge in [0, 0.05) is 10.7 Å². The van der Waals surface area contributed by atoms with Crippen LogP contribution in [0.1, 0.15) is 36.2 Å². The van der Waals surface area contributed by atoms with E-state index in [-0.39, 0.29) is 11.9 Å². The van der Waals surface area contributed by atoms with Crippen molar-refractivity contribution in [1.82, 2.24) is 10.3 Å². The summed E-state index contributed by atoms with van der Waals surface area (Å²) >= 11 is 3.50. The second kappa shape index (κ2) is 7.66. The maximum Gasteiger partial charge on any atom is 0.123 e. The van der Waals surface area contributed by atoms with Crippen molar-refractivity contribution in [1.29, 1.82) is 0 Å². The number of pyridine rings is 1. The summed E-state index contributed by atoms with van der Waals surface area (Å²) in [4.78, 5) is 4.47. The van der Waals surface area contributed by atoms with Gasteiger partial charge in [0.05, 0.1) is 11.7 Å². The van der Waals surface area contributed by atoms with Gasteiger partial charge in [-0.3, -0.25) is 4.98 Å². The van der Waals surface area contributed by atoms with Gasteiger partial charge in [0.25, 0.3) is 0 Å². The molecule has 2 aromatic rings. The molecule has 4 heteroatoms. The fourth-order valence-electron chi connectivity index (χ4n) is 2.27. The van der Waals surface area contributed by atoms with Crippen LogP contribution in [-0.2, 0) is 6.42 Å². The summed E-state index contributed by atoms with van der Waals surface area (Å²) in [5, 5.41) is 3.50. The Balaban J connectivity index is 2.25. The maximum atomic E-state index is 13.5. The van der Waals surface area contributed by atoms with Crippen LogP contribution < -0.4 is 5.32 Å². The van der Waals surface area contributed by atoms with Gasteiger partial charge in [0.2, 0.25) is 0 Å². The zero-order valence-corrected chi connectivity index (χ0v) is 14.0. The number of nitrogens with zero attached hydrogens (tertiary/aromatic N) is 1. The molecule has 1 aromatic heterocycles. The lowest BCUT2D eigenvalue weighted by molar-refractivity contribution is 0.515. The Kier molecular flexibility index (Phi) is 5.88. The topological polar surface area (TPSA) is 24.9 Å². The summed E-state index contributed by atoms with van der Waals surface area (Å²) in [5.74, 6) is -0.209. The Morgan fingerprint density at radius 1 is 1.29 bits per heavy atom. The molecule has 0 spiro atoms. The van der Waals surface area contributed by atoms with Crippen molar-refractivity contribution < 1.29 is 4.39 Å². The molecule has 0 radical (unpaired) electrons. The predicted octanol–water partition coefficient (Wildman–Crippen LogP) is 4.58. The minimum atomic E-state index is -0.209. The van der Waals surface area contributed by atoms with Crippen LogP contribution in [0.5, 0.6) is 0 Å². The van der Waals surface area contributed by atoms with E-state index >= 15 is 0 Å². The van der Waals surface area contributed by atoms with Crippen LogP contribution in [-0.4, -0.2) is 11.5 Å². The Bertz CT molecular complexity index is 601. The van der Waals surface area contributed by atoms with Crippen LogP contribution in [0, 0.1) is 12.7 Å². The third kappa shape index (κ3) is 4.61. The molecule has 0 saturated heterocycles. The molecular weight excluding hydrogens is 331 g/mol. The molecule has 1 unspecified atom stereocenters. The molecule has 2 nitrogen and oxygen atoms in total. The van der Waals surface area contributed by atoms with E-state index in [1.165, 1.54) is 11.6 Å².